The molecule has 1 aromatic carbocycles. The van der Waals surface area contributed by atoms with Gasteiger partial charge in [-0.25, -0.2) is 4.39 Å². The molecule has 1 aromatic heterocycles. The summed E-state index contributed by atoms with van der Waals surface area (Å²) in [4.78, 5) is 12.2. The number of aryl methyl sites for hydroxylation is 2. The third-order valence-corrected chi connectivity index (χ3v) is 3.64. The molecule has 5 nitrogen and oxygen atoms in total. The highest BCUT2D eigenvalue weighted by molar-refractivity contribution is 5.83. The first-order valence-corrected chi connectivity index (χ1v) is 7.04. The molecule has 22 heavy (non-hydrogen) atoms. The first-order valence-electron chi connectivity index (χ1n) is 7.04. The van der Waals surface area contributed by atoms with Crippen LogP contribution in [0, 0.1) is 19.7 Å². The lowest BCUT2D eigenvalue weighted by molar-refractivity contribution is -0.122. The minimum atomic E-state index is -0.888. The highest BCUT2D eigenvalue weighted by atomic mass is 19.1. The van der Waals surface area contributed by atoms with Crippen LogP contribution >= 0.6 is 0 Å². The third kappa shape index (κ3) is 3.51. The summed E-state index contributed by atoms with van der Waals surface area (Å²) in [6.07, 6.45) is -0.888. The SMILES string of the molecule is Cc1noc(C)c1C(C)C(=O)NCC(O)c1ccc(F)cc1. The molecule has 0 aliphatic heterocycles. The number of nitrogens with one attached hydrogen (secondary N) is 1. The Hall–Kier alpha value is -2.21. The van der Waals surface area contributed by atoms with E-state index in [1.807, 2.05) is 0 Å². The quantitative estimate of drug-likeness (QED) is 0.889. The fourth-order valence-electron chi connectivity index (χ4n) is 2.39. The summed E-state index contributed by atoms with van der Waals surface area (Å²) < 4.78 is 17.9. The van der Waals surface area contributed by atoms with E-state index in [0.29, 0.717) is 17.0 Å². The number of nitrogens with zero attached hydrogens (tertiary/aromatic N) is 1. The average Bonchev–Trinajstić information content (AvgIpc) is 2.83. The van der Waals surface area contributed by atoms with Gasteiger partial charge in [-0.2, -0.15) is 0 Å². The number of hydrogen-bond donors (Lipinski definition) is 2. The van der Waals surface area contributed by atoms with Gasteiger partial charge in [0.2, 0.25) is 5.91 Å². The van der Waals surface area contributed by atoms with E-state index in [1.54, 1.807) is 20.8 Å². The minimum absolute atomic E-state index is 0.0538. The minimum Gasteiger partial charge on any atom is -0.387 e. The molecule has 1 amide bonds. The van der Waals surface area contributed by atoms with E-state index in [4.69, 9.17) is 4.52 Å². The zero-order valence-corrected chi connectivity index (χ0v) is 12.8. The number of aromatic nitrogens is 1. The van der Waals surface area contributed by atoms with Crippen molar-refractivity contribution in [2.24, 2.45) is 0 Å². The van der Waals surface area contributed by atoms with Crippen molar-refractivity contribution in [3.63, 3.8) is 0 Å². The fraction of sp³-hybridized carbons (Fsp3) is 0.375. The van der Waals surface area contributed by atoms with E-state index < -0.39 is 12.0 Å². The number of hydrogen-bond acceptors (Lipinski definition) is 4. The highest BCUT2D eigenvalue weighted by Gasteiger charge is 2.23. The largest absolute Gasteiger partial charge is 0.387 e. The van der Waals surface area contributed by atoms with Crippen LogP contribution in [0.2, 0.25) is 0 Å². The maximum atomic E-state index is 12.8. The first-order chi connectivity index (χ1) is 10.4. The lowest BCUT2D eigenvalue weighted by Gasteiger charge is -2.15. The summed E-state index contributed by atoms with van der Waals surface area (Å²) in [5.74, 6) is -0.409. The average molecular weight is 306 g/mol. The van der Waals surface area contributed by atoms with Crippen molar-refractivity contribution >= 4 is 5.91 Å². The molecular formula is C16H19FN2O3. The van der Waals surface area contributed by atoms with Crippen molar-refractivity contribution in [2.75, 3.05) is 6.54 Å². The second-order valence-electron chi connectivity index (χ2n) is 5.27. The fourth-order valence-corrected chi connectivity index (χ4v) is 2.39. The zero-order chi connectivity index (χ0) is 16.3. The summed E-state index contributed by atoms with van der Waals surface area (Å²) in [6, 6.07) is 5.52. The summed E-state index contributed by atoms with van der Waals surface area (Å²) in [7, 11) is 0. The Bertz CT molecular complexity index is 632. The van der Waals surface area contributed by atoms with E-state index in [0.717, 1.165) is 5.56 Å². The molecule has 0 radical (unpaired) electrons. The van der Waals surface area contributed by atoms with Crippen LogP contribution in [0.15, 0.2) is 28.8 Å². The van der Waals surface area contributed by atoms with Crippen LogP contribution < -0.4 is 5.32 Å². The van der Waals surface area contributed by atoms with Gasteiger partial charge in [-0.1, -0.05) is 17.3 Å². The van der Waals surface area contributed by atoms with Gasteiger partial charge >= 0.3 is 0 Å². The number of carbonyl (C=O) groups is 1. The normalized spacial score (nSPS) is 13.7. The van der Waals surface area contributed by atoms with Crippen molar-refractivity contribution < 1.29 is 18.8 Å². The van der Waals surface area contributed by atoms with Gasteiger partial charge in [-0.15, -0.1) is 0 Å². The zero-order valence-electron chi connectivity index (χ0n) is 12.8. The van der Waals surface area contributed by atoms with Gasteiger partial charge in [0, 0.05) is 12.1 Å². The van der Waals surface area contributed by atoms with Crippen molar-refractivity contribution in [3.05, 3.63) is 52.7 Å². The van der Waals surface area contributed by atoms with Crippen LogP contribution in [0.5, 0.6) is 0 Å². The predicted octanol–water partition coefficient (Wildman–Crippen LogP) is 2.38. The van der Waals surface area contributed by atoms with Crippen molar-refractivity contribution in [3.8, 4) is 0 Å². The Kier molecular flexibility index (Phi) is 4.92. The van der Waals surface area contributed by atoms with Crippen LogP contribution in [0.25, 0.3) is 0 Å². The molecule has 2 N–H and O–H groups in total. The number of aliphatic hydroxyl groups excluding tert-OH is 1. The van der Waals surface area contributed by atoms with E-state index in [9.17, 15) is 14.3 Å². The maximum Gasteiger partial charge on any atom is 0.227 e. The molecule has 0 saturated heterocycles. The van der Waals surface area contributed by atoms with Crippen molar-refractivity contribution in [1.29, 1.82) is 0 Å². The third-order valence-electron chi connectivity index (χ3n) is 3.64. The Morgan fingerprint density at radius 1 is 1.36 bits per heavy atom. The molecule has 6 heteroatoms. The Balaban J connectivity index is 1.96. The molecule has 0 saturated carbocycles. The first kappa shape index (κ1) is 16.2. The molecule has 0 aliphatic rings. The van der Waals surface area contributed by atoms with Gasteiger partial charge in [0.1, 0.15) is 11.6 Å². The van der Waals surface area contributed by atoms with Gasteiger partial charge < -0.3 is 14.9 Å². The van der Waals surface area contributed by atoms with Crippen LogP contribution in [-0.4, -0.2) is 22.7 Å². The Morgan fingerprint density at radius 2 is 2.00 bits per heavy atom. The predicted molar refractivity (Wildman–Crippen MR) is 78.8 cm³/mol. The number of aliphatic hydroxyl groups is 1. The van der Waals surface area contributed by atoms with E-state index in [-0.39, 0.29) is 18.3 Å². The highest BCUT2D eigenvalue weighted by Crippen LogP contribution is 2.23. The monoisotopic (exact) mass is 306 g/mol. The molecule has 0 aliphatic carbocycles. The van der Waals surface area contributed by atoms with E-state index in [2.05, 4.69) is 10.5 Å². The smallest absolute Gasteiger partial charge is 0.227 e. The molecule has 0 fully saturated rings. The topological polar surface area (TPSA) is 75.4 Å². The second-order valence-corrected chi connectivity index (χ2v) is 5.27. The van der Waals surface area contributed by atoms with Gasteiger partial charge in [0.25, 0.3) is 0 Å². The van der Waals surface area contributed by atoms with Crippen LogP contribution in [-0.2, 0) is 4.79 Å². The van der Waals surface area contributed by atoms with Gasteiger partial charge in [-0.3, -0.25) is 4.79 Å². The summed E-state index contributed by atoms with van der Waals surface area (Å²) in [5, 5.41) is 16.5. The van der Waals surface area contributed by atoms with Crippen LogP contribution in [0.4, 0.5) is 4.39 Å². The number of rotatable bonds is 5. The number of halogens is 1. The molecule has 2 atom stereocenters. The van der Waals surface area contributed by atoms with Crippen molar-refractivity contribution in [2.45, 2.75) is 32.8 Å². The molecule has 2 aromatic rings. The lowest BCUT2D eigenvalue weighted by atomic mass is 9.98. The van der Waals surface area contributed by atoms with Crippen molar-refractivity contribution in [1.82, 2.24) is 10.5 Å². The number of amides is 1. The lowest BCUT2D eigenvalue weighted by Crippen LogP contribution is -2.32. The molecule has 0 spiro atoms. The van der Waals surface area contributed by atoms with Crippen LogP contribution in [0.1, 0.15) is 41.5 Å². The van der Waals surface area contributed by atoms with E-state index in [1.165, 1.54) is 24.3 Å². The molecule has 2 unspecified atom stereocenters. The maximum absolute atomic E-state index is 12.8. The summed E-state index contributed by atoms with van der Waals surface area (Å²) in [5.41, 5.74) is 1.99. The van der Waals surface area contributed by atoms with Gasteiger partial charge in [0.15, 0.2) is 0 Å². The summed E-state index contributed by atoms with van der Waals surface area (Å²) in [6.45, 7) is 5.35. The number of benzene rings is 1. The number of carbonyl (C=O) groups excluding carboxylic acids is 1. The summed E-state index contributed by atoms with van der Waals surface area (Å²) >= 11 is 0. The second kappa shape index (κ2) is 6.70. The Morgan fingerprint density at radius 3 is 2.55 bits per heavy atom. The molecule has 1 heterocycles. The molecule has 2 rings (SSSR count). The molecular weight excluding hydrogens is 287 g/mol. The molecule has 118 valence electrons. The Labute approximate surface area is 128 Å². The van der Waals surface area contributed by atoms with Crippen LogP contribution in [0.3, 0.4) is 0 Å². The standard InChI is InChI=1S/C16H19FN2O3/c1-9(15-10(2)19-22-11(15)3)16(21)18-8-14(20)12-4-6-13(17)7-5-12/h4-7,9,14,20H,8H2,1-3H3,(H,18,21). The van der Waals surface area contributed by atoms with Gasteiger partial charge in [0.05, 0.1) is 17.7 Å². The van der Waals surface area contributed by atoms with E-state index >= 15 is 0 Å². The van der Waals surface area contributed by atoms with Gasteiger partial charge in [-0.05, 0) is 38.5 Å². The molecule has 0 bridgehead atoms.